The average molecular weight is 212 g/mol. The second-order valence-corrected chi connectivity index (χ2v) is 4.10. The third-order valence-electron chi connectivity index (χ3n) is 1.45. The molecule has 1 aromatic rings. The van der Waals surface area contributed by atoms with Gasteiger partial charge in [-0.3, -0.25) is 0 Å². The van der Waals surface area contributed by atoms with Crippen LogP contribution in [0.3, 0.4) is 0 Å². The Balaban J connectivity index is 2.92. The molecule has 0 fully saturated rings. The summed E-state index contributed by atoms with van der Waals surface area (Å²) in [5, 5.41) is 0. The van der Waals surface area contributed by atoms with Crippen LogP contribution >= 0.6 is 0 Å². The summed E-state index contributed by atoms with van der Waals surface area (Å²) in [6.45, 7) is 5.08. The largest absolute Gasteiger partial charge is 0.455 e. The third-order valence-corrected chi connectivity index (χ3v) is 1.45. The first kappa shape index (κ1) is 11.4. The lowest BCUT2D eigenvalue weighted by molar-refractivity contribution is 0.00577. The van der Waals surface area contributed by atoms with Crippen molar-refractivity contribution in [3.05, 3.63) is 23.8 Å². The van der Waals surface area contributed by atoms with Crippen molar-refractivity contribution >= 4 is 11.7 Å². The number of halogens is 1. The summed E-state index contributed by atoms with van der Waals surface area (Å²) in [5.74, 6) is -1.57. The number of hydrogen-bond donors (Lipinski definition) is 1. The fourth-order valence-corrected chi connectivity index (χ4v) is 0.929. The zero-order valence-electron chi connectivity index (χ0n) is 8.87. The number of esters is 1. The highest BCUT2D eigenvalue weighted by molar-refractivity contribution is 5.88. The van der Waals surface area contributed by atoms with Crippen molar-refractivity contribution in [3.63, 3.8) is 0 Å². The average Bonchev–Trinajstić information content (AvgIpc) is 1.99. The van der Waals surface area contributed by atoms with Gasteiger partial charge in [0.25, 0.3) is 0 Å². The van der Waals surface area contributed by atoms with Crippen molar-refractivity contribution in [1.29, 1.82) is 0 Å². The molecule has 0 amide bonds. The van der Waals surface area contributed by atoms with Crippen LogP contribution in [0.5, 0.6) is 0 Å². The molecule has 0 aliphatic carbocycles. The van der Waals surface area contributed by atoms with E-state index in [1.54, 1.807) is 20.8 Å². The number of rotatable bonds is 1. The van der Waals surface area contributed by atoms with E-state index in [2.05, 4.69) is 4.98 Å². The van der Waals surface area contributed by atoms with Crippen molar-refractivity contribution in [2.45, 2.75) is 26.4 Å². The van der Waals surface area contributed by atoms with Crippen LogP contribution in [0.25, 0.3) is 0 Å². The van der Waals surface area contributed by atoms with Gasteiger partial charge in [-0.1, -0.05) is 0 Å². The van der Waals surface area contributed by atoms with E-state index in [9.17, 15) is 9.18 Å². The quantitative estimate of drug-likeness (QED) is 0.720. The van der Waals surface area contributed by atoms with Crippen LogP contribution in [-0.2, 0) is 4.74 Å². The highest BCUT2D eigenvalue weighted by atomic mass is 19.1. The van der Waals surface area contributed by atoms with Gasteiger partial charge < -0.3 is 10.5 Å². The van der Waals surface area contributed by atoms with Crippen molar-refractivity contribution in [1.82, 2.24) is 4.98 Å². The normalized spacial score (nSPS) is 11.2. The number of nitrogens with zero attached hydrogens (tertiary/aromatic N) is 1. The Labute approximate surface area is 87.3 Å². The summed E-state index contributed by atoms with van der Waals surface area (Å²) in [6, 6.07) is 1.03. The Hall–Kier alpha value is -1.65. The summed E-state index contributed by atoms with van der Waals surface area (Å²) in [4.78, 5) is 15.0. The predicted octanol–water partition coefficient (Wildman–Crippen LogP) is 1.76. The molecule has 15 heavy (non-hydrogen) atoms. The first-order valence-electron chi connectivity index (χ1n) is 4.44. The minimum atomic E-state index is -0.792. The highest BCUT2D eigenvalue weighted by Gasteiger charge is 2.21. The lowest BCUT2D eigenvalue weighted by Crippen LogP contribution is -2.25. The Morgan fingerprint density at radius 3 is 2.60 bits per heavy atom. The molecule has 1 rings (SSSR count). The van der Waals surface area contributed by atoms with Gasteiger partial charge in [0.15, 0.2) is 11.5 Å². The fraction of sp³-hybridized carbons (Fsp3) is 0.400. The Morgan fingerprint density at radius 1 is 1.53 bits per heavy atom. The molecule has 1 heterocycles. The van der Waals surface area contributed by atoms with Crippen LogP contribution in [0.1, 0.15) is 31.3 Å². The summed E-state index contributed by atoms with van der Waals surface area (Å²) in [5.41, 5.74) is 4.44. The smallest absolute Gasteiger partial charge is 0.360 e. The van der Waals surface area contributed by atoms with E-state index in [0.29, 0.717) is 0 Å². The second-order valence-electron chi connectivity index (χ2n) is 4.10. The Morgan fingerprint density at radius 2 is 2.13 bits per heavy atom. The fourth-order valence-electron chi connectivity index (χ4n) is 0.929. The first-order valence-corrected chi connectivity index (χ1v) is 4.44. The molecule has 0 atom stereocenters. The number of ether oxygens (including phenoxy) is 1. The standard InChI is InChI=1S/C10H13FN2O2/c1-10(2,3)15-9(14)8-7(11)4-6(12)5-13-8/h4-5H,12H2,1-3H3. The molecule has 82 valence electrons. The van der Waals surface area contributed by atoms with Crippen LogP contribution in [0.2, 0.25) is 0 Å². The number of carbonyl (C=O) groups is 1. The van der Waals surface area contributed by atoms with Gasteiger partial charge in [0.2, 0.25) is 0 Å². The van der Waals surface area contributed by atoms with Gasteiger partial charge in [-0.25, -0.2) is 14.2 Å². The van der Waals surface area contributed by atoms with Crippen molar-refractivity contribution in [3.8, 4) is 0 Å². The molecule has 2 N–H and O–H groups in total. The molecule has 0 radical (unpaired) electrons. The van der Waals surface area contributed by atoms with Crippen LogP contribution in [0, 0.1) is 5.82 Å². The first-order chi connectivity index (χ1) is 6.79. The maximum absolute atomic E-state index is 13.2. The molecule has 0 aromatic carbocycles. The number of anilines is 1. The van der Waals surface area contributed by atoms with Gasteiger partial charge in [-0.2, -0.15) is 0 Å². The van der Waals surface area contributed by atoms with Crippen LogP contribution in [0.15, 0.2) is 12.3 Å². The lowest BCUT2D eigenvalue weighted by atomic mass is 10.2. The maximum atomic E-state index is 13.2. The van der Waals surface area contributed by atoms with Crippen molar-refractivity contribution in [2.24, 2.45) is 0 Å². The predicted molar refractivity (Wildman–Crippen MR) is 53.8 cm³/mol. The SMILES string of the molecule is CC(C)(C)OC(=O)c1ncc(N)cc1F. The molecular weight excluding hydrogens is 199 g/mol. The summed E-state index contributed by atoms with van der Waals surface area (Å²) < 4.78 is 18.2. The number of nitrogen functional groups attached to an aromatic ring is 1. The van der Waals surface area contributed by atoms with Crippen molar-refractivity contribution < 1.29 is 13.9 Å². The van der Waals surface area contributed by atoms with Crippen LogP contribution < -0.4 is 5.73 Å². The van der Waals surface area contributed by atoms with E-state index < -0.39 is 17.4 Å². The van der Waals surface area contributed by atoms with Gasteiger partial charge in [0, 0.05) is 6.07 Å². The molecule has 1 aromatic heterocycles. The molecule has 0 aliphatic heterocycles. The summed E-state index contributed by atoms with van der Waals surface area (Å²) >= 11 is 0. The summed E-state index contributed by atoms with van der Waals surface area (Å²) in [7, 11) is 0. The van der Waals surface area contributed by atoms with Crippen molar-refractivity contribution in [2.75, 3.05) is 5.73 Å². The molecular formula is C10H13FN2O2. The van der Waals surface area contributed by atoms with E-state index >= 15 is 0 Å². The molecule has 0 saturated carbocycles. The van der Waals surface area contributed by atoms with E-state index in [1.807, 2.05) is 0 Å². The monoisotopic (exact) mass is 212 g/mol. The Bertz CT molecular complexity index is 385. The van der Waals surface area contributed by atoms with Crippen LogP contribution in [-0.4, -0.2) is 16.6 Å². The van der Waals surface area contributed by atoms with Crippen LogP contribution in [0.4, 0.5) is 10.1 Å². The number of carbonyl (C=O) groups excluding carboxylic acids is 1. The zero-order chi connectivity index (χ0) is 11.6. The minimum absolute atomic E-state index is 0.166. The van der Waals surface area contributed by atoms with Gasteiger partial charge >= 0.3 is 5.97 Å². The Kier molecular flexibility index (Phi) is 2.93. The molecule has 5 heteroatoms. The third kappa shape index (κ3) is 3.19. The van der Waals surface area contributed by atoms with Gasteiger partial charge in [-0.05, 0) is 20.8 Å². The van der Waals surface area contributed by atoms with E-state index in [4.69, 9.17) is 10.5 Å². The van der Waals surface area contributed by atoms with Gasteiger partial charge in [0.1, 0.15) is 5.60 Å². The minimum Gasteiger partial charge on any atom is -0.455 e. The number of nitrogens with two attached hydrogens (primary N) is 1. The van der Waals surface area contributed by atoms with E-state index in [1.165, 1.54) is 6.20 Å². The molecule has 0 aliphatic rings. The maximum Gasteiger partial charge on any atom is 0.360 e. The number of pyridine rings is 1. The molecule has 0 bridgehead atoms. The molecule has 0 unspecified atom stereocenters. The van der Waals surface area contributed by atoms with E-state index in [0.717, 1.165) is 6.07 Å². The second kappa shape index (κ2) is 3.84. The topological polar surface area (TPSA) is 65.2 Å². The van der Waals surface area contributed by atoms with E-state index in [-0.39, 0.29) is 11.4 Å². The lowest BCUT2D eigenvalue weighted by Gasteiger charge is -2.19. The molecule has 0 spiro atoms. The van der Waals surface area contributed by atoms with Gasteiger partial charge in [0.05, 0.1) is 11.9 Å². The number of hydrogen-bond acceptors (Lipinski definition) is 4. The molecule has 4 nitrogen and oxygen atoms in total. The number of aromatic nitrogens is 1. The van der Waals surface area contributed by atoms with Gasteiger partial charge in [-0.15, -0.1) is 0 Å². The highest BCUT2D eigenvalue weighted by Crippen LogP contribution is 2.14. The molecule has 0 saturated heterocycles. The zero-order valence-corrected chi connectivity index (χ0v) is 8.87. The summed E-state index contributed by atoms with van der Waals surface area (Å²) in [6.07, 6.45) is 1.21.